The summed E-state index contributed by atoms with van der Waals surface area (Å²) in [4.78, 5) is 2.26. The van der Waals surface area contributed by atoms with Gasteiger partial charge in [0.05, 0.1) is 6.10 Å². The normalized spacial score (nSPS) is 26.2. The van der Waals surface area contributed by atoms with E-state index < -0.39 is 6.10 Å². The molecule has 4 heteroatoms. The van der Waals surface area contributed by atoms with Gasteiger partial charge < -0.3 is 10.0 Å². The van der Waals surface area contributed by atoms with E-state index in [1.807, 2.05) is 11.8 Å². The zero-order valence-corrected chi connectivity index (χ0v) is 11.9. The number of benzene rings is 1. The van der Waals surface area contributed by atoms with Crippen LogP contribution in [0.3, 0.4) is 0 Å². The van der Waals surface area contributed by atoms with Gasteiger partial charge in [-0.1, -0.05) is 13.8 Å². The third-order valence-corrected chi connectivity index (χ3v) is 4.43. The number of nitrogens with zero attached hydrogens (tertiary/aromatic N) is 1. The summed E-state index contributed by atoms with van der Waals surface area (Å²) in [6.45, 7) is 7.99. The van der Waals surface area contributed by atoms with E-state index in [0.717, 1.165) is 18.8 Å². The zero-order chi connectivity index (χ0) is 13.3. The second-order valence-corrected chi connectivity index (χ2v) is 6.92. The van der Waals surface area contributed by atoms with Crippen LogP contribution in [0.25, 0.3) is 0 Å². The molecule has 0 saturated carbocycles. The lowest BCUT2D eigenvalue weighted by Gasteiger charge is -2.37. The van der Waals surface area contributed by atoms with E-state index in [4.69, 9.17) is 0 Å². The lowest BCUT2D eigenvalue weighted by atomic mass is 10.1. The van der Waals surface area contributed by atoms with E-state index in [2.05, 4.69) is 18.7 Å². The van der Waals surface area contributed by atoms with Crippen molar-refractivity contribution in [2.24, 2.45) is 0 Å². The summed E-state index contributed by atoms with van der Waals surface area (Å²) in [6, 6.07) is 4.70. The molecule has 1 saturated heterocycles. The molecular formula is C14H20FNOS. The first-order chi connectivity index (χ1) is 8.47. The lowest BCUT2D eigenvalue weighted by molar-refractivity contribution is 0.199. The van der Waals surface area contributed by atoms with Crippen LogP contribution >= 0.6 is 11.8 Å². The van der Waals surface area contributed by atoms with Crippen molar-refractivity contribution in [3.05, 3.63) is 29.6 Å². The van der Waals surface area contributed by atoms with Crippen molar-refractivity contribution in [1.29, 1.82) is 0 Å². The van der Waals surface area contributed by atoms with Crippen LogP contribution in [-0.4, -0.2) is 28.7 Å². The second-order valence-electron chi connectivity index (χ2n) is 5.04. The number of hydrogen-bond acceptors (Lipinski definition) is 3. The molecular weight excluding hydrogens is 249 g/mol. The molecule has 2 nitrogen and oxygen atoms in total. The fourth-order valence-corrected chi connectivity index (χ4v) is 3.85. The van der Waals surface area contributed by atoms with E-state index in [9.17, 15) is 9.50 Å². The summed E-state index contributed by atoms with van der Waals surface area (Å²) < 4.78 is 13.3. The molecule has 1 N–H and O–H groups in total. The topological polar surface area (TPSA) is 23.5 Å². The number of aliphatic hydroxyl groups is 1. The zero-order valence-electron chi connectivity index (χ0n) is 11.1. The minimum absolute atomic E-state index is 0.290. The average Bonchev–Trinajstić information content (AvgIpc) is 2.27. The van der Waals surface area contributed by atoms with E-state index >= 15 is 0 Å². The van der Waals surface area contributed by atoms with Gasteiger partial charge in [-0.3, -0.25) is 0 Å². The number of rotatable bonds is 2. The molecule has 0 bridgehead atoms. The summed E-state index contributed by atoms with van der Waals surface area (Å²) in [5.74, 6) is -0.290. The summed E-state index contributed by atoms with van der Waals surface area (Å²) >= 11 is 1.98. The van der Waals surface area contributed by atoms with Crippen molar-refractivity contribution >= 4 is 17.4 Å². The van der Waals surface area contributed by atoms with Crippen LogP contribution in [0.1, 0.15) is 32.4 Å². The molecule has 3 atom stereocenters. The van der Waals surface area contributed by atoms with Crippen LogP contribution in [0.4, 0.5) is 10.1 Å². The van der Waals surface area contributed by atoms with Gasteiger partial charge in [0.25, 0.3) is 0 Å². The predicted octanol–water partition coefficient (Wildman–Crippen LogP) is 3.21. The second kappa shape index (κ2) is 5.49. The third kappa shape index (κ3) is 2.98. The average molecular weight is 269 g/mol. The predicted molar refractivity (Wildman–Crippen MR) is 75.8 cm³/mol. The van der Waals surface area contributed by atoms with Gasteiger partial charge in [0.15, 0.2) is 0 Å². The van der Waals surface area contributed by atoms with Crippen LogP contribution in [0, 0.1) is 5.82 Å². The molecule has 1 aromatic carbocycles. The summed E-state index contributed by atoms with van der Waals surface area (Å²) in [7, 11) is 0. The molecule has 18 heavy (non-hydrogen) atoms. The first kappa shape index (κ1) is 13.7. The van der Waals surface area contributed by atoms with E-state index in [1.165, 1.54) is 12.1 Å². The fourth-order valence-electron chi connectivity index (χ4n) is 2.52. The maximum Gasteiger partial charge on any atom is 0.123 e. The van der Waals surface area contributed by atoms with Gasteiger partial charge in [-0.15, -0.1) is 0 Å². The van der Waals surface area contributed by atoms with Gasteiger partial charge in [0.1, 0.15) is 5.82 Å². The molecule has 1 aliphatic heterocycles. The number of anilines is 1. The van der Waals surface area contributed by atoms with E-state index in [1.54, 1.807) is 13.0 Å². The Balaban J connectivity index is 2.32. The van der Waals surface area contributed by atoms with Crippen molar-refractivity contribution in [1.82, 2.24) is 0 Å². The largest absolute Gasteiger partial charge is 0.389 e. The molecule has 1 aromatic rings. The van der Waals surface area contributed by atoms with Gasteiger partial charge in [-0.2, -0.15) is 11.8 Å². The third-order valence-electron chi connectivity index (χ3n) is 3.20. The molecule has 0 aromatic heterocycles. The van der Waals surface area contributed by atoms with Crippen LogP contribution < -0.4 is 4.90 Å². The Morgan fingerprint density at radius 2 is 1.94 bits per heavy atom. The summed E-state index contributed by atoms with van der Waals surface area (Å²) in [5.41, 5.74) is 1.65. The Hall–Kier alpha value is -0.740. The van der Waals surface area contributed by atoms with Crippen LogP contribution in [0.15, 0.2) is 18.2 Å². The first-order valence-electron chi connectivity index (χ1n) is 6.35. The van der Waals surface area contributed by atoms with Crippen molar-refractivity contribution < 1.29 is 9.50 Å². The molecule has 0 spiro atoms. The minimum Gasteiger partial charge on any atom is -0.389 e. The van der Waals surface area contributed by atoms with Crippen molar-refractivity contribution in [2.75, 3.05) is 18.0 Å². The molecule has 0 radical (unpaired) electrons. The summed E-state index contributed by atoms with van der Waals surface area (Å²) in [6.07, 6.45) is -0.643. The number of halogens is 1. The van der Waals surface area contributed by atoms with Crippen LogP contribution in [-0.2, 0) is 0 Å². The molecule has 0 aliphatic carbocycles. The smallest absolute Gasteiger partial charge is 0.123 e. The highest BCUT2D eigenvalue weighted by atomic mass is 32.2. The Bertz CT molecular complexity index is 414. The van der Waals surface area contributed by atoms with Crippen molar-refractivity contribution in [3.63, 3.8) is 0 Å². The highest BCUT2D eigenvalue weighted by Gasteiger charge is 2.24. The van der Waals surface area contributed by atoms with Gasteiger partial charge in [0.2, 0.25) is 0 Å². The van der Waals surface area contributed by atoms with Crippen LogP contribution in [0.2, 0.25) is 0 Å². The van der Waals surface area contributed by atoms with Crippen molar-refractivity contribution in [2.45, 2.75) is 37.4 Å². The minimum atomic E-state index is -0.643. The Labute approximate surface area is 112 Å². The van der Waals surface area contributed by atoms with Gasteiger partial charge in [-0.25, -0.2) is 4.39 Å². The van der Waals surface area contributed by atoms with E-state index in [-0.39, 0.29) is 5.82 Å². The summed E-state index contributed by atoms with van der Waals surface area (Å²) in [5, 5.41) is 10.9. The SMILES string of the molecule is CC1CN(c2ccc(F)cc2[C@@H](C)O)CC(C)S1. The standard InChI is InChI=1S/C14H20FNOS/c1-9-7-16(8-10(2)18-9)14-5-4-12(15)6-13(14)11(3)17/h4-6,9-11,17H,7-8H2,1-3H3/t9?,10?,11-/m1/s1. The maximum absolute atomic E-state index is 13.3. The van der Waals surface area contributed by atoms with Gasteiger partial charge in [0, 0.05) is 34.8 Å². The molecule has 100 valence electrons. The van der Waals surface area contributed by atoms with E-state index in [0.29, 0.717) is 16.1 Å². The maximum atomic E-state index is 13.3. The highest BCUT2D eigenvalue weighted by Crippen LogP contribution is 2.33. The number of aliphatic hydroxyl groups excluding tert-OH is 1. The lowest BCUT2D eigenvalue weighted by Crippen LogP contribution is -2.41. The molecule has 2 rings (SSSR count). The van der Waals surface area contributed by atoms with Crippen molar-refractivity contribution in [3.8, 4) is 0 Å². The monoisotopic (exact) mass is 269 g/mol. The molecule has 1 aliphatic rings. The Morgan fingerprint density at radius 1 is 1.33 bits per heavy atom. The molecule has 0 amide bonds. The highest BCUT2D eigenvalue weighted by molar-refractivity contribution is 8.00. The Kier molecular flexibility index (Phi) is 4.17. The van der Waals surface area contributed by atoms with Crippen LogP contribution in [0.5, 0.6) is 0 Å². The Morgan fingerprint density at radius 3 is 2.50 bits per heavy atom. The fraction of sp³-hybridized carbons (Fsp3) is 0.571. The van der Waals surface area contributed by atoms with Gasteiger partial charge in [-0.05, 0) is 25.1 Å². The number of hydrogen-bond donors (Lipinski definition) is 1. The molecule has 1 fully saturated rings. The molecule has 2 unspecified atom stereocenters. The van der Waals surface area contributed by atoms with Gasteiger partial charge >= 0.3 is 0 Å². The first-order valence-corrected chi connectivity index (χ1v) is 7.29. The quantitative estimate of drug-likeness (QED) is 0.892. The molecule has 1 heterocycles. The number of thioether (sulfide) groups is 1.